The highest BCUT2D eigenvalue weighted by molar-refractivity contribution is 5.83. The molecule has 0 fully saturated rings. The van der Waals surface area contributed by atoms with Gasteiger partial charge in [0, 0.05) is 11.5 Å². The van der Waals surface area contributed by atoms with Crippen LogP contribution in [0.4, 0.5) is 0 Å². The van der Waals surface area contributed by atoms with Crippen molar-refractivity contribution < 1.29 is 5.11 Å². The molecule has 3 aromatic rings. The first kappa shape index (κ1) is 14.4. The van der Waals surface area contributed by atoms with Gasteiger partial charge in [-0.25, -0.2) is 0 Å². The van der Waals surface area contributed by atoms with Crippen LogP contribution in [-0.4, -0.2) is 9.67 Å². The molecule has 0 radical (unpaired) electrons. The fraction of sp³-hybridized carbons (Fsp3) is 0.0556. The Bertz CT molecular complexity index is 1080. The van der Waals surface area contributed by atoms with Crippen molar-refractivity contribution in [1.82, 2.24) is 4.57 Å². The molecule has 0 aliphatic heterocycles. The van der Waals surface area contributed by atoms with Crippen LogP contribution in [0.25, 0.3) is 16.6 Å². The second-order valence-electron chi connectivity index (χ2n) is 5.16. The first-order valence-electron chi connectivity index (χ1n) is 6.85. The Morgan fingerprint density at radius 1 is 1.00 bits per heavy atom. The predicted octanol–water partition coefficient (Wildman–Crippen LogP) is 2.75. The topological polar surface area (TPSA) is 89.8 Å². The quantitative estimate of drug-likeness (QED) is 0.748. The number of rotatable bonds is 1. The zero-order valence-corrected chi connectivity index (χ0v) is 12.2. The van der Waals surface area contributed by atoms with Gasteiger partial charge in [-0.1, -0.05) is 6.07 Å². The van der Waals surface area contributed by atoms with E-state index in [-0.39, 0.29) is 11.3 Å². The fourth-order valence-electron chi connectivity index (χ4n) is 2.50. The maximum atomic E-state index is 12.6. The van der Waals surface area contributed by atoms with Crippen LogP contribution in [0.2, 0.25) is 0 Å². The molecule has 23 heavy (non-hydrogen) atoms. The minimum atomic E-state index is -0.488. The molecule has 0 aliphatic rings. The number of nitriles is 2. The van der Waals surface area contributed by atoms with Gasteiger partial charge in [0.2, 0.25) is 0 Å². The Kier molecular flexibility index (Phi) is 3.33. The average Bonchev–Trinajstić information content (AvgIpc) is 2.55. The maximum Gasteiger partial charge on any atom is 0.273 e. The highest BCUT2D eigenvalue weighted by Crippen LogP contribution is 2.23. The van der Waals surface area contributed by atoms with Crippen molar-refractivity contribution in [3.63, 3.8) is 0 Å². The highest BCUT2D eigenvalue weighted by Gasteiger charge is 2.12. The van der Waals surface area contributed by atoms with Gasteiger partial charge in [-0.05, 0) is 42.8 Å². The Balaban J connectivity index is 2.47. The number of fused-ring (bicyclic) bond motifs is 1. The van der Waals surface area contributed by atoms with Crippen molar-refractivity contribution in [2.45, 2.75) is 6.92 Å². The molecule has 0 spiro atoms. The smallest absolute Gasteiger partial charge is 0.273 e. The lowest BCUT2D eigenvalue weighted by atomic mass is 10.1. The number of pyridine rings is 1. The third-order valence-electron chi connectivity index (χ3n) is 3.71. The summed E-state index contributed by atoms with van der Waals surface area (Å²) < 4.78 is 1.34. The number of phenols is 1. The molecule has 0 atom stereocenters. The van der Waals surface area contributed by atoms with Gasteiger partial charge >= 0.3 is 0 Å². The first-order valence-corrected chi connectivity index (χ1v) is 6.85. The van der Waals surface area contributed by atoms with Crippen LogP contribution >= 0.6 is 0 Å². The van der Waals surface area contributed by atoms with Gasteiger partial charge in [-0.2, -0.15) is 10.5 Å². The van der Waals surface area contributed by atoms with E-state index in [1.807, 2.05) is 6.07 Å². The van der Waals surface area contributed by atoms with E-state index in [0.29, 0.717) is 22.2 Å². The largest absolute Gasteiger partial charge is 0.508 e. The molecule has 5 nitrogen and oxygen atoms in total. The molecule has 3 rings (SSSR count). The molecular weight excluding hydrogens is 290 g/mol. The molecule has 0 aliphatic carbocycles. The van der Waals surface area contributed by atoms with Crippen LogP contribution in [0.15, 0.2) is 47.3 Å². The van der Waals surface area contributed by atoms with Crippen molar-refractivity contribution in [2.24, 2.45) is 0 Å². The van der Waals surface area contributed by atoms with Gasteiger partial charge in [0.25, 0.3) is 5.56 Å². The molecule has 110 valence electrons. The molecule has 1 N–H and O–H groups in total. The molecular formula is C18H11N3O2. The zero-order chi connectivity index (χ0) is 16.6. The van der Waals surface area contributed by atoms with Crippen LogP contribution < -0.4 is 5.56 Å². The lowest BCUT2D eigenvalue weighted by Crippen LogP contribution is -2.21. The first-order chi connectivity index (χ1) is 11.0. The Labute approximate surface area is 131 Å². The lowest BCUT2D eigenvalue weighted by Gasteiger charge is -2.12. The van der Waals surface area contributed by atoms with Crippen molar-refractivity contribution >= 4 is 10.9 Å². The number of hydrogen-bond donors (Lipinski definition) is 1. The Morgan fingerprint density at radius 2 is 1.74 bits per heavy atom. The summed E-state index contributed by atoms with van der Waals surface area (Å²) in [5.74, 6) is 0.0166. The second kappa shape index (κ2) is 5.32. The number of aromatic nitrogens is 1. The second-order valence-corrected chi connectivity index (χ2v) is 5.16. The summed E-state index contributed by atoms with van der Waals surface area (Å²) in [4.78, 5) is 12.6. The van der Waals surface area contributed by atoms with E-state index in [1.54, 1.807) is 31.2 Å². The molecule has 0 unspecified atom stereocenters. The Hall–Kier alpha value is -3.57. The van der Waals surface area contributed by atoms with E-state index in [2.05, 4.69) is 6.07 Å². The van der Waals surface area contributed by atoms with E-state index in [1.165, 1.54) is 22.8 Å². The maximum absolute atomic E-state index is 12.6. The van der Waals surface area contributed by atoms with Gasteiger partial charge < -0.3 is 5.11 Å². The van der Waals surface area contributed by atoms with E-state index >= 15 is 0 Å². The highest BCUT2D eigenvalue weighted by atomic mass is 16.3. The number of aryl methyl sites for hydroxylation is 1. The third-order valence-corrected chi connectivity index (χ3v) is 3.71. The van der Waals surface area contributed by atoms with Gasteiger partial charge in [0.15, 0.2) is 0 Å². The standard InChI is InChI=1S/C18H11N3O2/c1-11-2-4-15(7-13(11)9-19)21-17-8-16(22)5-3-12(17)6-14(10-20)18(21)23/h2-8,22H,1H3. The van der Waals surface area contributed by atoms with Crippen molar-refractivity contribution in [2.75, 3.05) is 0 Å². The normalized spacial score (nSPS) is 10.2. The van der Waals surface area contributed by atoms with Gasteiger partial charge in [-0.15, -0.1) is 0 Å². The summed E-state index contributed by atoms with van der Waals surface area (Å²) in [6.45, 7) is 1.81. The van der Waals surface area contributed by atoms with E-state index in [4.69, 9.17) is 0 Å². The molecule has 1 heterocycles. The summed E-state index contributed by atoms with van der Waals surface area (Å²) >= 11 is 0. The Morgan fingerprint density at radius 3 is 2.43 bits per heavy atom. The van der Waals surface area contributed by atoms with Crippen molar-refractivity contribution in [3.8, 4) is 23.6 Å². The number of benzene rings is 2. The van der Waals surface area contributed by atoms with Crippen molar-refractivity contribution in [1.29, 1.82) is 10.5 Å². The number of nitrogens with zero attached hydrogens (tertiary/aromatic N) is 3. The van der Waals surface area contributed by atoms with Crippen LogP contribution in [0.1, 0.15) is 16.7 Å². The average molecular weight is 301 g/mol. The molecule has 5 heteroatoms. The molecule has 0 saturated heterocycles. The molecule has 1 aromatic heterocycles. The minimum Gasteiger partial charge on any atom is -0.508 e. The number of aromatic hydroxyl groups is 1. The predicted molar refractivity (Wildman–Crippen MR) is 85.4 cm³/mol. The number of hydrogen-bond acceptors (Lipinski definition) is 4. The van der Waals surface area contributed by atoms with E-state index in [0.717, 1.165) is 5.56 Å². The zero-order valence-electron chi connectivity index (χ0n) is 12.2. The minimum absolute atomic E-state index is 0.00210. The van der Waals surface area contributed by atoms with Gasteiger partial charge in [-0.3, -0.25) is 9.36 Å². The van der Waals surface area contributed by atoms with Crippen LogP contribution in [0.3, 0.4) is 0 Å². The van der Waals surface area contributed by atoms with Gasteiger partial charge in [0.05, 0.1) is 22.8 Å². The van der Waals surface area contributed by atoms with Crippen LogP contribution in [-0.2, 0) is 0 Å². The van der Waals surface area contributed by atoms with Gasteiger partial charge in [0.1, 0.15) is 17.4 Å². The summed E-state index contributed by atoms with van der Waals surface area (Å²) in [7, 11) is 0. The van der Waals surface area contributed by atoms with E-state index < -0.39 is 5.56 Å². The number of phenolic OH excluding ortho intramolecular Hbond substituents is 1. The molecule has 0 bridgehead atoms. The van der Waals surface area contributed by atoms with Crippen molar-refractivity contribution in [3.05, 3.63) is 69.5 Å². The van der Waals surface area contributed by atoms with Crippen LogP contribution in [0, 0.1) is 29.6 Å². The monoisotopic (exact) mass is 301 g/mol. The lowest BCUT2D eigenvalue weighted by molar-refractivity contribution is 0.476. The summed E-state index contributed by atoms with van der Waals surface area (Å²) in [5, 5.41) is 28.8. The molecule has 0 amide bonds. The molecule has 0 saturated carbocycles. The SMILES string of the molecule is Cc1ccc(-n2c(=O)c(C#N)cc3ccc(O)cc32)cc1C#N. The molecule has 2 aromatic carbocycles. The third kappa shape index (κ3) is 2.31. The van der Waals surface area contributed by atoms with E-state index in [9.17, 15) is 20.4 Å². The summed E-state index contributed by atoms with van der Waals surface area (Å²) in [6, 6.07) is 15.1. The summed E-state index contributed by atoms with van der Waals surface area (Å²) in [5.41, 5.74) is 1.71. The fourth-order valence-corrected chi connectivity index (χ4v) is 2.50. The summed E-state index contributed by atoms with van der Waals surface area (Å²) in [6.07, 6.45) is 0. The van der Waals surface area contributed by atoms with Crippen LogP contribution in [0.5, 0.6) is 5.75 Å².